The summed E-state index contributed by atoms with van der Waals surface area (Å²) in [6.07, 6.45) is 5.21. The summed E-state index contributed by atoms with van der Waals surface area (Å²) >= 11 is 0. The minimum atomic E-state index is -0.157. The Morgan fingerprint density at radius 3 is 2.78 bits per heavy atom. The average molecular weight is 374 g/mol. The van der Waals surface area contributed by atoms with E-state index in [1.54, 1.807) is 6.07 Å². The molecule has 1 amide bonds. The molecule has 1 spiro atoms. The van der Waals surface area contributed by atoms with Crippen LogP contribution >= 0.6 is 0 Å². The van der Waals surface area contributed by atoms with Crippen molar-refractivity contribution < 1.29 is 9.18 Å². The number of aryl methyl sites for hydroxylation is 1. The summed E-state index contributed by atoms with van der Waals surface area (Å²) in [5, 5.41) is 0. The molecule has 0 radical (unpaired) electrons. The van der Waals surface area contributed by atoms with Crippen molar-refractivity contribution in [1.29, 1.82) is 0 Å². The Balaban J connectivity index is 1.46. The predicted octanol–water partition coefficient (Wildman–Crippen LogP) is 3.04. The van der Waals surface area contributed by atoms with Crippen LogP contribution < -0.4 is 0 Å². The van der Waals surface area contributed by atoms with Gasteiger partial charge in [0.05, 0.1) is 0 Å². The highest BCUT2D eigenvalue weighted by Crippen LogP contribution is 2.35. The number of carbonyl (C=O) groups excluding carboxylic acids is 1. The van der Waals surface area contributed by atoms with Gasteiger partial charge in [0, 0.05) is 51.2 Å². The van der Waals surface area contributed by atoms with Crippen LogP contribution in [0.1, 0.15) is 43.2 Å². The maximum atomic E-state index is 13.7. The van der Waals surface area contributed by atoms with Crippen LogP contribution in [0.15, 0.2) is 18.2 Å². The highest BCUT2D eigenvalue weighted by Gasteiger charge is 2.42. The number of amides is 1. The van der Waals surface area contributed by atoms with E-state index >= 15 is 0 Å². The van der Waals surface area contributed by atoms with Gasteiger partial charge in [0.25, 0.3) is 0 Å². The minimum Gasteiger partial charge on any atom is -0.342 e. The van der Waals surface area contributed by atoms with Crippen molar-refractivity contribution in [3.63, 3.8) is 0 Å². The normalized spacial score (nSPS) is 28.0. The molecule has 0 unspecified atom stereocenters. The summed E-state index contributed by atoms with van der Waals surface area (Å²) < 4.78 is 13.7. The molecule has 1 atom stereocenters. The summed E-state index contributed by atoms with van der Waals surface area (Å²) in [6, 6.07) is 5.08. The molecule has 2 heterocycles. The number of carbonyl (C=O) groups is 1. The second-order valence-electron chi connectivity index (χ2n) is 8.96. The third kappa shape index (κ3) is 4.19. The van der Waals surface area contributed by atoms with Gasteiger partial charge >= 0.3 is 0 Å². The first kappa shape index (κ1) is 18.9. The molecule has 3 aliphatic rings. The summed E-state index contributed by atoms with van der Waals surface area (Å²) in [4.78, 5) is 19.7. The average Bonchev–Trinajstić information content (AvgIpc) is 3.47. The molecule has 4 nitrogen and oxygen atoms in total. The number of hydrogen-bond donors (Lipinski definition) is 0. The van der Waals surface area contributed by atoms with Gasteiger partial charge in [-0.15, -0.1) is 0 Å². The van der Waals surface area contributed by atoms with Gasteiger partial charge in [0.2, 0.25) is 5.91 Å². The molecular formula is C22H32FN3O. The Hall–Kier alpha value is -1.46. The molecule has 1 saturated carbocycles. The maximum absolute atomic E-state index is 13.7. The molecule has 27 heavy (non-hydrogen) atoms. The number of piperazine rings is 1. The van der Waals surface area contributed by atoms with Gasteiger partial charge < -0.3 is 4.90 Å². The van der Waals surface area contributed by atoms with E-state index in [9.17, 15) is 9.18 Å². The molecular weight excluding hydrogens is 341 g/mol. The molecule has 2 aliphatic heterocycles. The molecule has 0 N–H and O–H groups in total. The molecule has 0 bridgehead atoms. The van der Waals surface area contributed by atoms with Crippen LogP contribution in [0.3, 0.4) is 0 Å². The van der Waals surface area contributed by atoms with E-state index < -0.39 is 0 Å². The zero-order chi connectivity index (χ0) is 19.0. The van der Waals surface area contributed by atoms with Crippen LogP contribution in [0.4, 0.5) is 4.39 Å². The fourth-order valence-electron chi connectivity index (χ4n) is 4.77. The largest absolute Gasteiger partial charge is 0.342 e. The monoisotopic (exact) mass is 373 g/mol. The number of benzene rings is 1. The van der Waals surface area contributed by atoms with E-state index in [4.69, 9.17) is 0 Å². The van der Waals surface area contributed by atoms with Gasteiger partial charge in [0.1, 0.15) is 5.82 Å². The van der Waals surface area contributed by atoms with Crippen LogP contribution in [-0.2, 0) is 11.3 Å². The number of likely N-dealkylation sites (N-methyl/N-ethyl adjacent to an activating group) is 1. The number of nitrogens with zero attached hydrogens (tertiary/aromatic N) is 3. The van der Waals surface area contributed by atoms with E-state index in [1.807, 2.05) is 6.07 Å². The van der Waals surface area contributed by atoms with Crippen molar-refractivity contribution in [2.24, 2.45) is 5.92 Å². The maximum Gasteiger partial charge on any atom is 0.222 e. The first-order chi connectivity index (χ1) is 12.9. The summed E-state index contributed by atoms with van der Waals surface area (Å²) in [5.41, 5.74) is 2.29. The van der Waals surface area contributed by atoms with E-state index in [0.717, 1.165) is 69.2 Å². The second-order valence-corrected chi connectivity index (χ2v) is 8.96. The highest BCUT2D eigenvalue weighted by molar-refractivity contribution is 5.76. The van der Waals surface area contributed by atoms with Gasteiger partial charge in [0.15, 0.2) is 0 Å². The van der Waals surface area contributed by atoms with Crippen LogP contribution in [0.2, 0.25) is 0 Å². The van der Waals surface area contributed by atoms with E-state index in [1.165, 1.54) is 18.9 Å². The predicted molar refractivity (Wildman–Crippen MR) is 105 cm³/mol. The van der Waals surface area contributed by atoms with Gasteiger partial charge in [-0.1, -0.05) is 6.07 Å². The van der Waals surface area contributed by atoms with Crippen LogP contribution in [-0.4, -0.2) is 65.9 Å². The Labute approximate surface area is 162 Å². The topological polar surface area (TPSA) is 26.8 Å². The summed E-state index contributed by atoms with van der Waals surface area (Å²) in [5.74, 6) is 0.931. The smallest absolute Gasteiger partial charge is 0.222 e. The Bertz CT molecular complexity index is 705. The third-order valence-corrected chi connectivity index (χ3v) is 6.96. The Morgan fingerprint density at radius 2 is 2.00 bits per heavy atom. The Morgan fingerprint density at radius 1 is 1.19 bits per heavy atom. The standard InChI is InChI=1S/C22H32FN3O/c1-17-3-6-20(23)13-19(17)15-25-12-11-24(2)22(16-25)8-7-21(27)26(10-9-22)14-18-4-5-18/h3,6,13,18H,4-5,7-12,14-16H2,1-2H3/t22-/m0/s1. The number of halogens is 1. The van der Waals surface area contributed by atoms with Crippen molar-refractivity contribution in [3.8, 4) is 0 Å². The van der Waals surface area contributed by atoms with Crippen molar-refractivity contribution in [3.05, 3.63) is 35.1 Å². The van der Waals surface area contributed by atoms with Crippen LogP contribution in [0.5, 0.6) is 0 Å². The fraction of sp³-hybridized carbons (Fsp3) is 0.682. The lowest BCUT2D eigenvalue weighted by Gasteiger charge is -2.49. The summed E-state index contributed by atoms with van der Waals surface area (Å²) in [6.45, 7) is 7.65. The molecule has 2 saturated heterocycles. The molecule has 0 aromatic heterocycles. The lowest BCUT2D eigenvalue weighted by Crippen LogP contribution is -2.60. The van der Waals surface area contributed by atoms with E-state index in [-0.39, 0.29) is 11.4 Å². The van der Waals surface area contributed by atoms with E-state index in [2.05, 4.69) is 28.7 Å². The van der Waals surface area contributed by atoms with E-state index in [0.29, 0.717) is 12.3 Å². The number of hydrogen-bond acceptors (Lipinski definition) is 3. The van der Waals surface area contributed by atoms with Gasteiger partial charge in [-0.3, -0.25) is 14.6 Å². The van der Waals surface area contributed by atoms with Crippen LogP contribution in [0, 0.1) is 18.7 Å². The molecule has 1 aromatic carbocycles. The molecule has 148 valence electrons. The fourth-order valence-corrected chi connectivity index (χ4v) is 4.77. The van der Waals surface area contributed by atoms with Gasteiger partial charge in [-0.2, -0.15) is 0 Å². The molecule has 4 rings (SSSR count). The first-order valence-electron chi connectivity index (χ1n) is 10.4. The lowest BCUT2D eigenvalue weighted by molar-refractivity contribution is -0.131. The second kappa shape index (κ2) is 7.51. The van der Waals surface area contributed by atoms with Crippen molar-refractivity contribution in [2.45, 2.75) is 51.1 Å². The SMILES string of the molecule is Cc1ccc(F)cc1CN1CCN(C)[C@]2(CCC(=O)N(CC3CC3)CC2)C1. The highest BCUT2D eigenvalue weighted by atomic mass is 19.1. The van der Waals surface area contributed by atoms with Crippen molar-refractivity contribution >= 4 is 5.91 Å². The Kier molecular flexibility index (Phi) is 5.26. The number of rotatable bonds is 4. The lowest BCUT2D eigenvalue weighted by atomic mass is 9.86. The molecule has 1 aliphatic carbocycles. The minimum absolute atomic E-state index is 0.0629. The van der Waals surface area contributed by atoms with Gasteiger partial charge in [-0.25, -0.2) is 4.39 Å². The third-order valence-electron chi connectivity index (χ3n) is 6.96. The van der Waals surface area contributed by atoms with Gasteiger partial charge in [-0.05, 0) is 68.8 Å². The van der Waals surface area contributed by atoms with Crippen LogP contribution in [0.25, 0.3) is 0 Å². The molecule has 1 aromatic rings. The van der Waals surface area contributed by atoms with Crippen molar-refractivity contribution in [2.75, 3.05) is 39.8 Å². The van der Waals surface area contributed by atoms with Crippen molar-refractivity contribution in [1.82, 2.24) is 14.7 Å². The molecule has 5 heteroatoms. The quantitative estimate of drug-likeness (QED) is 0.812. The zero-order valence-electron chi connectivity index (χ0n) is 16.7. The zero-order valence-corrected chi connectivity index (χ0v) is 16.7. The first-order valence-corrected chi connectivity index (χ1v) is 10.4. The summed E-state index contributed by atoms with van der Waals surface area (Å²) in [7, 11) is 2.21. The number of likely N-dealkylation sites (tertiary alicyclic amines) is 1. The molecule has 3 fully saturated rings.